The van der Waals surface area contributed by atoms with Crippen LogP contribution in [0.15, 0.2) is 12.1 Å². The van der Waals surface area contributed by atoms with E-state index in [1.807, 2.05) is 0 Å². The zero-order valence-electron chi connectivity index (χ0n) is 15.6. The fourth-order valence-electron chi connectivity index (χ4n) is 2.38. The monoisotopic (exact) mass is 410 g/mol. The molecule has 0 aliphatic rings. The van der Waals surface area contributed by atoms with Gasteiger partial charge in [0.15, 0.2) is 11.5 Å². The smallest absolute Gasteiger partial charge is 0.335 e. The van der Waals surface area contributed by atoms with Crippen LogP contribution in [0, 0.1) is 0 Å². The molecule has 0 radical (unpaired) electrons. The first-order valence-electron chi connectivity index (χ1n) is 8.53. The summed E-state index contributed by atoms with van der Waals surface area (Å²) in [5, 5.41) is 20.6. The molecule has 1 aromatic rings. The predicted molar refractivity (Wildman–Crippen MR) is 98.9 cm³/mol. The molecule has 1 aromatic carbocycles. The standard InChI is InChI=1S/C16H28O8P2/c1-5-21-25(19,22-6-2)11-13-9-10-14(16(18)15(13)17)12-26(20,23-7-3)24-8-4/h9-10,17-18H,5-8,11-12H2,1-4H3. The molecule has 0 atom stereocenters. The van der Waals surface area contributed by atoms with Crippen LogP contribution in [-0.2, 0) is 39.5 Å². The van der Waals surface area contributed by atoms with Crippen molar-refractivity contribution >= 4 is 15.2 Å². The van der Waals surface area contributed by atoms with E-state index in [1.54, 1.807) is 27.7 Å². The van der Waals surface area contributed by atoms with Crippen molar-refractivity contribution < 1.29 is 37.4 Å². The second kappa shape index (κ2) is 10.5. The van der Waals surface area contributed by atoms with Gasteiger partial charge in [-0.05, 0) is 27.7 Å². The molecule has 0 bridgehead atoms. The van der Waals surface area contributed by atoms with E-state index in [1.165, 1.54) is 12.1 Å². The highest BCUT2D eigenvalue weighted by molar-refractivity contribution is 7.53. The van der Waals surface area contributed by atoms with Gasteiger partial charge >= 0.3 is 15.2 Å². The Morgan fingerprint density at radius 1 is 0.692 bits per heavy atom. The molecule has 26 heavy (non-hydrogen) atoms. The molecule has 1 rings (SSSR count). The van der Waals surface area contributed by atoms with E-state index in [-0.39, 0.29) is 49.9 Å². The average molecular weight is 410 g/mol. The van der Waals surface area contributed by atoms with Crippen LogP contribution in [0.4, 0.5) is 0 Å². The van der Waals surface area contributed by atoms with E-state index in [9.17, 15) is 19.3 Å². The summed E-state index contributed by atoms with van der Waals surface area (Å²) >= 11 is 0. The first kappa shape index (κ1) is 23.2. The van der Waals surface area contributed by atoms with Crippen molar-refractivity contribution in [1.29, 1.82) is 0 Å². The molecule has 0 amide bonds. The highest BCUT2D eigenvalue weighted by Crippen LogP contribution is 2.56. The Bertz CT molecular complexity index is 599. The number of rotatable bonds is 12. The zero-order chi connectivity index (χ0) is 19.8. The lowest BCUT2D eigenvalue weighted by molar-refractivity contribution is 0.217. The summed E-state index contributed by atoms with van der Waals surface area (Å²) in [4.78, 5) is 0. The minimum absolute atomic E-state index is 0.188. The number of benzene rings is 1. The molecule has 0 aromatic heterocycles. The summed E-state index contributed by atoms with van der Waals surface area (Å²) in [6.07, 6.45) is -0.383. The van der Waals surface area contributed by atoms with Gasteiger partial charge in [-0.25, -0.2) is 0 Å². The van der Waals surface area contributed by atoms with Gasteiger partial charge in [0.05, 0.1) is 38.8 Å². The van der Waals surface area contributed by atoms with Crippen molar-refractivity contribution in [2.45, 2.75) is 40.0 Å². The molecule has 2 N–H and O–H groups in total. The third-order valence-electron chi connectivity index (χ3n) is 3.35. The Morgan fingerprint density at radius 3 is 1.19 bits per heavy atom. The maximum absolute atomic E-state index is 12.6. The van der Waals surface area contributed by atoms with Crippen LogP contribution in [-0.4, -0.2) is 36.6 Å². The normalized spacial score (nSPS) is 12.5. The van der Waals surface area contributed by atoms with E-state index in [0.29, 0.717) is 0 Å². The molecule has 0 fully saturated rings. The zero-order valence-corrected chi connectivity index (χ0v) is 17.4. The van der Waals surface area contributed by atoms with E-state index in [2.05, 4.69) is 0 Å². The number of hydrogen-bond acceptors (Lipinski definition) is 8. The quantitative estimate of drug-likeness (QED) is 0.379. The Kier molecular flexibility index (Phi) is 9.31. The molecule has 0 saturated carbocycles. The molecule has 0 heterocycles. The molecule has 0 saturated heterocycles. The van der Waals surface area contributed by atoms with E-state index in [4.69, 9.17) is 18.1 Å². The van der Waals surface area contributed by atoms with Crippen LogP contribution in [0.3, 0.4) is 0 Å². The summed E-state index contributed by atoms with van der Waals surface area (Å²) < 4.78 is 46.0. The van der Waals surface area contributed by atoms with Crippen LogP contribution >= 0.6 is 15.2 Å². The lowest BCUT2D eigenvalue weighted by atomic mass is 10.1. The minimum atomic E-state index is -3.44. The highest BCUT2D eigenvalue weighted by atomic mass is 31.2. The van der Waals surface area contributed by atoms with Crippen molar-refractivity contribution in [3.63, 3.8) is 0 Å². The second-order valence-corrected chi connectivity index (χ2v) is 9.40. The van der Waals surface area contributed by atoms with Gasteiger partial charge in [-0.1, -0.05) is 12.1 Å². The van der Waals surface area contributed by atoms with E-state index < -0.39 is 26.7 Å². The topological polar surface area (TPSA) is 112 Å². The van der Waals surface area contributed by atoms with E-state index >= 15 is 0 Å². The maximum atomic E-state index is 12.6. The summed E-state index contributed by atoms with van der Waals surface area (Å²) in [6.45, 7) is 7.50. The average Bonchev–Trinajstić information content (AvgIpc) is 2.55. The van der Waals surface area contributed by atoms with E-state index in [0.717, 1.165) is 0 Å². The summed E-state index contributed by atoms with van der Waals surface area (Å²) in [5.41, 5.74) is 0.415. The van der Waals surface area contributed by atoms with Crippen LogP contribution in [0.1, 0.15) is 38.8 Å². The fraction of sp³-hybridized carbons (Fsp3) is 0.625. The summed E-state index contributed by atoms with van der Waals surface area (Å²) in [6, 6.07) is 2.97. The van der Waals surface area contributed by atoms with Crippen molar-refractivity contribution in [3.8, 4) is 11.5 Å². The maximum Gasteiger partial charge on any atom is 0.335 e. The number of phenols is 2. The lowest BCUT2D eigenvalue weighted by Crippen LogP contribution is -2.01. The second-order valence-electron chi connectivity index (χ2n) is 5.29. The van der Waals surface area contributed by atoms with Crippen LogP contribution < -0.4 is 0 Å². The SMILES string of the molecule is CCOP(=O)(Cc1ccc(CP(=O)(OCC)OCC)c(O)c1O)OCC. The van der Waals surface area contributed by atoms with Crippen molar-refractivity contribution in [2.75, 3.05) is 26.4 Å². The van der Waals surface area contributed by atoms with Gasteiger partial charge in [-0.3, -0.25) is 9.13 Å². The van der Waals surface area contributed by atoms with Crippen LogP contribution in [0.25, 0.3) is 0 Å². The van der Waals surface area contributed by atoms with Crippen LogP contribution in [0.2, 0.25) is 0 Å². The van der Waals surface area contributed by atoms with Gasteiger partial charge < -0.3 is 28.3 Å². The number of hydrogen-bond donors (Lipinski definition) is 2. The van der Waals surface area contributed by atoms with Crippen molar-refractivity contribution in [1.82, 2.24) is 0 Å². The Hall–Kier alpha value is -0.880. The van der Waals surface area contributed by atoms with Crippen LogP contribution in [0.5, 0.6) is 11.5 Å². The fourth-order valence-corrected chi connectivity index (χ4v) is 5.81. The summed E-state index contributed by atoms with van der Waals surface area (Å²) in [7, 11) is -6.88. The Labute approximate surface area is 154 Å². The van der Waals surface area contributed by atoms with Crippen molar-refractivity contribution in [3.05, 3.63) is 23.3 Å². The van der Waals surface area contributed by atoms with Gasteiger partial charge in [0.2, 0.25) is 0 Å². The largest absolute Gasteiger partial charge is 0.504 e. The number of phenolic OH excluding ortho intramolecular Hbond substituents is 2. The third-order valence-corrected chi connectivity index (χ3v) is 7.41. The molecule has 0 unspecified atom stereocenters. The third kappa shape index (κ3) is 6.38. The van der Waals surface area contributed by atoms with Gasteiger partial charge in [0, 0.05) is 11.1 Å². The van der Waals surface area contributed by atoms with Gasteiger partial charge in [0.1, 0.15) is 0 Å². The first-order valence-corrected chi connectivity index (χ1v) is 12.0. The lowest BCUT2D eigenvalue weighted by Gasteiger charge is -2.20. The molecule has 150 valence electrons. The molecular weight excluding hydrogens is 382 g/mol. The van der Waals surface area contributed by atoms with Gasteiger partial charge in [0.25, 0.3) is 0 Å². The molecule has 10 heteroatoms. The van der Waals surface area contributed by atoms with Gasteiger partial charge in [-0.2, -0.15) is 0 Å². The predicted octanol–water partition coefficient (Wildman–Crippen LogP) is 4.63. The molecular formula is C16H28O8P2. The molecule has 0 aliphatic heterocycles. The summed E-state index contributed by atoms with van der Waals surface area (Å²) in [5.74, 6) is -0.914. The molecule has 0 aliphatic carbocycles. The Balaban J connectivity index is 3.11. The Morgan fingerprint density at radius 2 is 0.962 bits per heavy atom. The minimum Gasteiger partial charge on any atom is -0.504 e. The highest BCUT2D eigenvalue weighted by Gasteiger charge is 2.30. The first-order chi connectivity index (χ1) is 12.2. The molecule has 0 spiro atoms. The van der Waals surface area contributed by atoms with Crippen molar-refractivity contribution in [2.24, 2.45) is 0 Å². The van der Waals surface area contributed by atoms with Gasteiger partial charge in [-0.15, -0.1) is 0 Å². The number of aromatic hydroxyl groups is 2. The molecule has 8 nitrogen and oxygen atoms in total.